The minimum Gasteiger partial charge on any atom is -0.355 e. The molecule has 2 amide bonds. The van der Waals surface area contributed by atoms with Crippen molar-refractivity contribution in [3.8, 4) is 0 Å². The summed E-state index contributed by atoms with van der Waals surface area (Å²) in [5, 5.41) is 6.22. The Hall–Kier alpha value is -2.46. The van der Waals surface area contributed by atoms with Crippen molar-refractivity contribution >= 4 is 33.4 Å². The van der Waals surface area contributed by atoms with Crippen molar-refractivity contribution < 1.29 is 18.0 Å². The van der Waals surface area contributed by atoms with E-state index in [1.165, 1.54) is 41.4 Å². The van der Waals surface area contributed by atoms with Gasteiger partial charge in [-0.15, -0.1) is 0 Å². The van der Waals surface area contributed by atoms with Gasteiger partial charge in [0.05, 0.1) is 4.90 Å². The third-order valence-corrected chi connectivity index (χ3v) is 8.86. The van der Waals surface area contributed by atoms with E-state index in [-0.39, 0.29) is 23.3 Å². The van der Waals surface area contributed by atoms with Crippen LogP contribution >= 0.6 is 11.6 Å². The van der Waals surface area contributed by atoms with Crippen molar-refractivity contribution in [3.05, 3.63) is 64.7 Å². The highest BCUT2D eigenvalue weighted by molar-refractivity contribution is 7.89. The molecule has 1 atom stereocenters. The Kier molecular flexibility index (Phi) is 9.00. The minimum absolute atomic E-state index is 0.0138. The van der Waals surface area contributed by atoms with Gasteiger partial charge in [0.2, 0.25) is 15.9 Å². The first-order valence-corrected chi connectivity index (χ1v) is 14.3. The molecule has 4 rings (SSSR count). The molecule has 194 valence electrons. The average Bonchev–Trinajstić information content (AvgIpc) is 3.30. The van der Waals surface area contributed by atoms with Gasteiger partial charge < -0.3 is 15.5 Å². The molecule has 0 aliphatic carbocycles. The molecule has 2 saturated heterocycles. The summed E-state index contributed by atoms with van der Waals surface area (Å²) in [4.78, 5) is 27.8. The van der Waals surface area contributed by atoms with Crippen molar-refractivity contribution in [1.29, 1.82) is 0 Å². The molecule has 0 aromatic heterocycles. The number of amides is 2. The molecule has 2 aromatic carbocycles. The molecule has 2 N–H and O–H groups in total. The Morgan fingerprint density at radius 3 is 2.42 bits per heavy atom. The lowest BCUT2D eigenvalue weighted by molar-refractivity contribution is -0.124. The van der Waals surface area contributed by atoms with E-state index in [1.54, 1.807) is 24.3 Å². The molecule has 8 nitrogen and oxygen atoms in total. The van der Waals surface area contributed by atoms with Crippen LogP contribution in [0.2, 0.25) is 5.02 Å². The fraction of sp³-hybridized carbons (Fsp3) is 0.462. The van der Waals surface area contributed by atoms with Crippen LogP contribution in [-0.2, 0) is 21.4 Å². The summed E-state index contributed by atoms with van der Waals surface area (Å²) in [6, 6.07) is 12.0. The second-order valence-corrected chi connectivity index (χ2v) is 11.6. The lowest BCUT2D eigenvalue weighted by atomic mass is 10.1. The second-order valence-electron chi connectivity index (χ2n) is 9.31. The molecule has 0 spiro atoms. The fourth-order valence-corrected chi connectivity index (χ4v) is 6.41. The summed E-state index contributed by atoms with van der Waals surface area (Å²) >= 11 is 5.96. The number of sulfonamides is 1. The van der Waals surface area contributed by atoms with Gasteiger partial charge in [0.1, 0.15) is 6.04 Å². The van der Waals surface area contributed by atoms with E-state index in [0.29, 0.717) is 35.7 Å². The number of likely N-dealkylation sites (tertiary alicyclic amines) is 1. The average molecular weight is 533 g/mol. The van der Waals surface area contributed by atoms with Crippen LogP contribution in [0.1, 0.15) is 48.0 Å². The highest BCUT2D eigenvalue weighted by Gasteiger charge is 2.36. The van der Waals surface area contributed by atoms with Crippen LogP contribution < -0.4 is 10.6 Å². The zero-order valence-electron chi connectivity index (χ0n) is 20.3. The molecule has 0 unspecified atom stereocenters. The number of nitrogens with zero attached hydrogens (tertiary/aromatic N) is 2. The van der Waals surface area contributed by atoms with Crippen LogP contribution in [-0.4, -0.2) is 68.2 Å². The van der Waals surface area contributed by atoms with Crippen molar-refractivity contribution in [2.75, 3.05) is 32.7 Å². The van der Waals surface area contributed by atoms with Crippen LogP contribution in [0.4, 0.5) is 0 Å². The third-order valence-electron chi connectivity index (χ3n) is 6.74. The van der Waals surface area contributed by atoms with Gasteiger partial charge in [0.25, 0.3) is 5.91 Å². The summed E-state index contributed by atoms with van der Waals surface area (Å²) in [5.41, 5.74) is 1.21. The minimum atomic E-state index is -3.98. The summed E-state index contributed by atoms with van der Waals surface area (Å²) in [7, 11) is -3.98. The first-order valence-electron chi connectivity index (χ1n) is 12.5. The molecular weight excluding hydrogens is 500 g/mol. The fourth-order valence-electron chi connectivity index (χ4n) is 4.68. The largest absolute Gasteiger partial charge is 0.355 e. The lowest BCUT2D eigenvalue weighted by Gasteiger charge is -2.29. The van der Waals surface area contributed by atoms with Crippen molar-refractivity contribution in [1.82, 2.24) is 19.8 Å². The van der Waals surface area contributed by atoms with Crippen LogP contribution in [0, 0.1) is 0 Å². The van der Waals surface area contributed by atoms with Crippen molar-refractivity contribution in [2.24, 2.45) is 0 Å². The SMILES string of the molecule is O=C(NCCN1CCCC1)c1ccc(CN([C@@H]2CCCCNC2=O)S(=O)(=O)c2ccc(Cl)cc2)cc1. The van der Waals surface area contributed by atoms with Gasteiger partial charge >= 0.3 is 0 Å². The van der Waals surface area contributed by atoms with Crippen LogP contribution in [0.25, 0.3) is 0 Å². The molecule has 2 aromatic rings. The van der Waals surface area contributed by atoms with E-state index < -0.39 is 16.1 Å². The molecular formula is C26H33ClN4O4S. The Labute approximate surface area is 218 Å². The number of rotatable bonds is 9. The number of carbonyl (C=O) groups is 2. The van der Waals surface area contributed by atoms with Gasteiger partial charge in [-0.1, -0.05) is 23.7 Å². The smallest absolute Gasteiger partial charge is 0.251 e. The summed E-state index contributed by atoms with van der Waals surface area (Å²) in [6.45, 7) is 4.14. The van der Waals surface area contributed by atoms with Gasteiger partial charge in [-0.3, -0.25) is 9.59 Å². The summed E-state index contributed by atoms with van der Waals surface area (Å²) in [6.07, 6.45) is 4.41. The third kappa shape index (κ3) is 6.64. The predicted molar refractivity (Wildman–Crippen MR) is 139 cm³/mol. The molecule has 0 saturated carbocycles. The molecule has 10 heteroatoms. The zero-order valence-corrected chi connectivity index (χ0v) is 21.9. The highest BCUT2D eigenvalue weighted by atomic mass is 35.5. The molecule has 36 heavy (non-hydrogen) atoms. The van der Waals surface area contributed by atoms with E-state index in [9.17, 15) is 18.0 Å². The Morgan fingerprint density at radius 1 is 1.03 bits per heavy atom. The van der Waals surface area contributed by atoms with E-state index >= 15 is 0 Å². The molecule has 2 heterocycles. The maximum Gasteiger partial charge on any atom is 0.251 e. The normalized spacial score (nSPS) is 19.2. The van der Waals surface area contributed by atoms with Crippen LogP contribution in [0.5, 0.6) is 0 Å². The van der Waals surface area contributed by atoms with E-state index in [2.05, 4.69) is 15.5 Å². The van der Waals surface area contributed by atoms with E-state index in [0.717, 1.165) is 32.5 Å². The zero-order chi connectivity index (χ0) is 25.5. The molecule has 2 fully saturated rings. The van der Waals surface area contributed by atoms with Crippen molar-refractivity contribution in [3.63, 3.8) is 0 Å². The van der Waals surface area contributed by atoms with E-state index in [4.69, 9.17) is 11.6 Å². The number of carbonyl (C=O) groups excluding carboxylic acids is 2. The molecule has 0 radical (unpaired) electrons. The molecule has 0 bridgehead atoms. The number of hydrogen-bond donors (Lipinski definition) is 2. The molecule has 2 aliphatic heterocycles. The first-order chi connectivity index (χ1) is 17.3. The quantitative estimate of drug-likeness (QED) is 0.517. The highest BCUT2D eigenvalue weighted by Crippen LogP contribution is 2.26. The summed E-state index contributed by atoms with van der Waals surface area (Å²) < 4.78 is 28.6. The Bertz CT molecular complexity index is 1150. The van der Waals surface area contributed by atoms with Crippen LogP contribution in [0.3, 0.4) is 0 Å². The second kappa shape index (κ2) is 12.2. The predicted octanol–water partition coefficient (Wildman–Crippen LogP) is 3.03. The van der Waals surface area contributed by atoms with Gasteiger partial charge in [0, 0.05) is 36.8 Å². The number of hydrogen-bond acceptors (Lipinski definition) is 5. The Balaban J connectivity index is 1.49. The van der Waals surface area contributed by atoms with Gasteiger partial charge in [-0.05, 0) is 87.2 Å². The maximum absolute atomic E-state index is 13.6. The van der Waals surface area contributed by atoms with Gasteiger partial charge in [0.15, 0.2) is 0 Å². The van der Waals surface area contributed by atoms with Gasteiger partial charge in [-0.25, -0.2) is 8.42 Å². The van der Waals surface area contributed by atoms with Crippen LogP contribution in [0.15, 0.2) is 53.4 Å². The topological polar surface area (TPSA) is 98.8 Å². The monoisotopic (exact) mass is 532 g/mol. The standard InChI is InChI=1S/C26H33ClN4O4S/c27-22-10-12-23(13-11-22)36(34,35)31(24-5-1-2-14-28-26(24)33)19-20-6-8-21(9-7-20)25(32)29-15-18-30-16-3-4-17-30/h6-13,24H,1-5,14-19H2,(H,28,33)(H,29,32)/t24-/m1/s1. The first kappa shape index (κ1) is 26.6. The molecule has 2 aliphatic rings. The van der Waals surface area contributed by atoms with Gasteiger partial charge in [-0.2, -0.15) is 4.31 Å². The lowest BCUT2D eigenvalue weighted by Crippen LogP contribution is -2.48. The number of nitrogens with one attached hydrogen (secondary N) is 2. The maximum atomic E-state index is 13.6. The van der Waals surface area contributed by atoms with Crippen molar-refractivity contribution in [2.45, 2.75) is 49.6 Å². The number of halogens is 1. The number of benzene rings is 2. The Morgan fingerprint density at radius 2 is 1.72 bits per heavy atom. The van der Waals surface area contributed by atoms with E-state index in [1.807, 2.05) is 0 Å². The summed E-state index contributed by atoms with van der Waals surface area (Å²) in [5.74, 6) is -0.450.